The third-order valence-corrected chi connectivity index (χ3v) is 5.24. The zero-order chi connectivity index (χ0) is 20.8. The Morgan fingerprint density at radius 1 is 1.04 bits per heavy atom. The van der Waals surface area contributed by atoms with Gasteiger partial charge in [-0.05, 0) is 63.4 Å². The van der Waals surface area contributed by atoms with Crippen molar-refractivity contribution in [1.82, 2.24) is 10.2 Å². The Morgan fingerprint density at radius 3 is 2.29 bits per heavy atom. The molecule has 0 aliphatic rings. The van der Waals surface area contributed by atoms with Crippen LogP contribution in [0.2, 0.25) is 0 Å². The summed E-state index contributed by atoms with van der Waals surface area (Å²) in [5.41, 5.74) is 4.20. The molecule has 0 spiro atoms. The average molecular weight is 445 g/mol. The van der Waals surface area contributed by atoms with Crippen LogP contribution >= 0.6 is 15.9 Å². The van der Waals surface area contributed by atoms with E-state index in [4.69, 9.17) is 0 Å². The Labute approximate surface area is 176 Å². The molecule has 2 aromatic carbocycles. The van der Waals surface area contributed by atoms with E-state index in [2.05, 4.69) is 21.2 Å². The Kier molecular flexibility index (Phi) is 7.81. The van der Waals surface area contributed by atoms with Gasteiger partial charge in [0.2, 0.25) is 11.8 Å². The third-order valence-electron chi connectivity index (χ3n) is 4.71. The number of hydrogen-bond donors (Lipinski definition) is 1. The van der Waals surface area contributed by atoms with Crippen LogP contribution in [0.4, 0.5) is 0 Å². The Hall–Kier alpha value is -2.14. The first-order chi connectivity index (χ1) is 13.2. The second-order valence-electron chi connectivity index (χ2n) is 7.59. The lowest BCUT2D eigenvalue weighted by molar-refractivity contribution is -0.140. The van der Waals surface area contributed by atoms with E-state index in [1.807, 2.05) is 70.2 Å². The molecule has 0 saturated carbocycles. The van der Waals surface area contributed by atoms with Gasteiger partial charge in [0.05, 0.1) is 6.42 Å². The lowest BCUT2D eigenvalue weighted by Crippen LogP contribution is -2.49. The standard InChI is InChI=1S/C23H29BrN2O2/c1-15(2)25-23(28)18(5)26(14-19-8-10-21(24)11-9-19)22(27)13-20-12-16(3)6-7-17(20)4/h6-12,15,18H,13-14H2,1-5H3,(H,25,28)/t18-/m0/s1. The molecule has 0 bridgehead atoms. The molecule has 0 radical (unpaired) electrons. The summed E-state index contributed by atoms with van der Waals surface area (Å²) in [6.07, 6.45) is 0.281. The fourth-order valence-corrected chi connectivity index (χ4v) is 3.29. The van der Waals surface area contributed by atoms with Crippen molar-refractivity contribution in [3.63, 3.8) is 0 Å². The lowest BCUT2D eigenvalue weighted by Gasteiger charge is -2.29. The van der Waals surface area contributed by atoms with Crippen molar-refractivity contribution in [2.24, 2.45) is 0 Å². The highest BCUT2D eigenvalue weighted by Gasteiger charge is 2.26. The van der Waals surface area contributed by atoms with Gasteiger partial charge in [-0.1, -0.05) is 51.8 Å². The smallest absolute Gasteiger partial charge is 0.242 e. The van der Waals surface area contributed by atoms with Gasteiger partial charge in [0.25, 0.3) is 0 Å². The summed E-state index contributed by atoms with van der Waals surface area (Å²) in [5.74, 6) is -0.190. The summed E-state index contributed by atoms with van der Waals surface area (Å²) in [6.45, 7) is 10.0. The van der Waals surface area contributed by atoms with Crippen molar-refractivity contribution in [1.29, 1.82) is 0 Å². The summed E-state index contributed by atoms with van der Waals surface area (Å²) in [5, 5.41) is 2.92. The number of carbonyl (C=O) groups excluding carboxylic acids is 2. The van der Waals surface area contributed by atoms with Crippen LogP contribution in [0, 0.1) is 13.8 Å². The summed E-state index contributed by atoms with van der Waals surface area (Å²) < 4.78 is 0.982. The number of aryl methyl sites for hydroxylation is 2. The van der Waals surface area contributed by atoms with Gasteiger partial charge in [-0.25, -0.2) is 0 Å². The molecule has 0 unspecified atom stereocenters. The molecule has 5 heteroatoms. The van der Waals surface area contributed by atoms with Crippen molar-refractivity contribution in [3.05, 3.63) is 69.2 Å². The maximum Gasteiger partial charge on any atom is 0.242 e. The Bertz CT molecular complexity index is 831. The number of hydrogen-bond acceptors (Lipinski definition) is 2. The van der Waals surface area contributed by atoms with E-state index >= 15 is 0 Å². The molecule has 1 N–H and O–H groups in total. The molecular weight excluding hydrogens is 416 g/mol. The third kappa shape index (κ3) is 6.20. The molecule has 0 fully saturated rings. The van der Waals surface area contributed by atoms with Crippen LogP contribution in [0.3, 0.4) is 0 Å². The number of carbonyl (C=O) groups is 2. The van der Waals surface area contributed by atoms with Crippen LogP contribution < -0.4 is 5.32 Å². The van der Waals surface area contributed by atoms with Gasteiger partial charge < -0.3 is 10.2 Å². The minimum atomic E-state index is -0.552. The minimum absolute atomic E-state index is 0.0265. The van der Waals surface area contributed by atoms with Crippen molar-refractivity contribution in [3.8, 4) is 0 Å². The molecule has 28 heavy (non-hydrogen) atoms. The van der Waals surface area contributed by atoms with Crippen LogP contribution in [0.5, 0.6) is 0 Å². The highest BCUT2D eigenvalue weighted by atomic mass is 79.9. The van der Waals surface area contributed by atoms with Gasteiger partial charge in [-0.15, -0.1) is 0 Å². The largest absolute Gasteiger partial charge is 0.352 e. The maximum atomic E-state index is 13.2. The van der Waals surface area contributed by atoms with Gasteiger partial charge in [0, 0.05) is 17.1 Å². The molecule has 4 nitrogen and oxygen atoms in total. The van der Waals surface area contributed by atoms with Crippen LogP contribution in [-0.4, -0.2) is 28.8 Å². The number of amides is 2. The summed E-state index contributed by atoms with van der Waals surface area (Å²) >= 11 is 3.43. The van der Waals surface area contributed by atoms with E-state index in [0.717, 1.165) is 26.7 Å². The van der Waals surface area contributed by atoms with E-state index in [0.29, 0.717) is 6.54 Å². The molecule has 150 valence electrons. The average Bonchev–Trinajstić information content (AvgIpc) is 2.63. The highest BCUT2D eigenvalue weighted by molar-refractivity contribution is 9.10. The minimum Gasteiger partial charge on any atom is -0.352 e. The Morgan fingerprint density at radius 2 is 1.68 bits per heavy atom. The first-order valence-electron chi connectivity index (χ1n) is 9.57. The molecule has 0 aliphatic heterocycles. The molecule has 0 aromatic heterocycles. The molecule has 2 aromatic rings. The number of rotatable bonds is 7. The number of nitrogens with one attached hydrogen (secondary N) is 1. The molecule has 0 saturated heterocycles. The SMILES string of the molecule is Cc1ccc(C)c(CC(=O)N(Cc2ccc(Br)cc2)[C@@H](C)C(=O)NC(C)C)c1. The molecule has 0 aliphatic carbocycles. The topological polar surface area (TPSA) is 49.4 Å². The van der Waals surface area contributed by atoms with Gasteiger partial charge in [-0.2, -0.15) is 0 Å². The Balaban J connectivity index is 2.27. The molecule has 0 heterocycles. The summed E-state index contributed by atoms with van der Waals surface area (Å²) in [4.78, 5) is 27.5. The van der Waals surface area contributed by atoms with Gasteiger partial charge in [-0.3, -0.25) is 9.59 Å². The van der Waals surface area contributed by atoms with Crippen molar-refractivity contribution < 1.29 is 9.59 Å². The second kappa shape index (κ2) is 9.87. The normalized spacial score (nSPS) is 12.0. The zero-order valence-electron chi connectivity index (χ0n) is 17.3. The van der Waals surface area contributed by atoms with E-state index in [1.54, 1.807) is 11.8 Å². The quantitative estimate of drug-likeness (QED) is 0.680. The highest BCUT2D eigenvalue weighted by Crippen LogP contribution is 2.17. The maximum absolute atomic E-state index is 13.2. The zero-order valence-corrected chi connectivity index (χ0v) is 18.8. The number of halogens is 1. The second-order valence-corrected chi connectivity index (χ2v) is 8.51. The van der Waals surface area contributed by atoms with Crippen LogP contribution in [0.15, 0.2) is 46.9 Å². The van der Waals surface area contributed by atoms with E-state index < -0.39 is 6.04 Å². The van der Waals surface area contributed by atoms with Crippen LogP contribution in [0.1, 0.15) is 43.0 Å². The number of nitrogens with zero attached hydrogens (tertiary/aromatic N) is 1. The van der Waals surface area contributed by atoms with Gasteiger partial charge in [0.1, 0.15) is 6.04 Å². The van der Waals surface area contributed by atoms with Crippen molar-refractivity contribution >= 4 is 27.7 Å². The molecule has 1 atom stereocenters. The van der Waals surface area contributed by atoms with Crippen molar-refractivity contribution in [2.45, 2.75) is 59.7 Å². The van der Waals surface area contributed by atoms with Gasteiger partial charge >= 0.3 is 0 Å². The fourth-order valence-electron chi connectivity index (χ4n) is 3.03. The monoisotopic (exact) mass is 444 g/mol. The predicted octanol–water partition coefficient (Wildman–Crippen LogP) is 4.55. The first-order valence-corrected chi connectivity index (χ1v) is 10.4. The molecular formula is C23H29BrN2O2. The summed E-state index contributed by atoms with van der Waals surface area (Å²) in [6, 6.07) is 13.4. The summed E-state index contributed by atoms with van der Waals surface area (Å²) in [7, 11) is 0. The van der Waals surface area contributed by atoms with Gasteiger partial charge in [0.15, 0.2) is 0 Å². The lowest BCUT2D eigenvalue weighted by atomic mass is 10.0. The first kappa shape index (κ1) is 22.2. The van der Waals surface area contributed by atoms with Crippen LogP contribution in [0.25, 0.3) is 0 Å². The van der Waals surface area contributed by atoms with E-state index in [1.165, 1.54) is 0 Å². The van der Waals surface area contributed by atoms with E-state index in [-0.39, 0.29) is 24.3 Å². The molecule has 2 amide bonds. The number of benzene rings is 2. The predicted molar refractivity (Wildman–Crippen MR) is 117 cm³/mol. The van der Waals surface area contributed by atoms with Crippen molar-refractivity contribution in [2.75, 3.05) is 0 Å². The van der Waals surface area contributed by atoms with Crippen LogP contribution in [-0.2, 0) is 22.6 Å². The molecule has 2 rings (SSSR count). The van der Waals surface area contributed by atoms with E-state index in [9.17, 15) is 9.59 Å². The fraction of sp³-hybridized carbons (Fsp3) is 0.391.